The van der Waals surface area contributed by atoms with Crippen molar-refractivity contribution in [2.24, 2.45) is 5.92 Å². The van der Waals surface area contributed by atoms with E-state index in [-0.39, 0.29) is 5.69 Å². The van der Waals surface area contributed by atoms with Gasteiger partial charge in [-0.15, -0.1) is 0 Å². The van der Waals surface area contributed by atoms with Gasteiger partial charge < -0.3 is 5.32 Å². The normalized spacial score (nSPS) is 23.4. The molecule has 0 bridgehead atoms. The third kappa shape index (κ3) is 4.37. The van der Waals surface area contributed by atoms with Crippen molar-refractivity contribution in [1.29, 1.82) is 0 Å². The Morgan fingerprint density at radius 2 is 1.85 bits per heavy atom. The zero-order chi connectivity index (χ0) is 14.8. The van der Waals surface area contributed by atoms with Crippen LogP contribution in [-0.2, 0) is 10.0 Å². The molecular weight excluding hydrogens is 279 g/mol. The van der Waals surface area contributed by atoms with Gasteiger partial charge in [0, 0.05) is 11.7 Å². The van der Waals surface area contributed by atoms with Crippen molar-refractivity contribution in [1.82, 2.24) is 0 Å². The smallest absolute Gasteiger partial charge is 0.229 e. The van der Waals surface area contributed by atoms with Crippen molar-refractivity contribution >= 4 is 21.4 Å². The minimum absolute atomic E-state index is 0.0123. The van der Waals surface area contributed by atoms with Gasteiger partial charge in [-0.1, -0.05) is 6.92 Å². The molecule has 2 rings (SSSR count). The summed E-state index contributed by atoms with van der Waals surface area (Å²) in [6.45, 7) is 2.25. The van der Waals surface area contributed by atoms with E-state index in [1.165, 1.54) is 25.0 Å². The van der Waals surface area contributed by atoms with E-state index < -0.39 is 15.8 Å². The van der Waals surface area contributed by atoms with Gasteiger partial charge in [0.05, 0.1) is 11.9 Å². The lowest BCUT2D eigenvalue weighted by atomic mass is 9.87. The quantitative estimate of drug-likeness (QED) is 0.898. The lowest BCUT2D eigenvalue weighted by molar-refractivity contribution is 0.361. The lowest BCUT2D eigenvalue weighted by Gasteiger charge is -2.27. The molecule has 1 aliphatic carbocycles. The second kappa shape index (κ2) is 5.99. The molecule has 6 heteroatoms. The lowest BCUT2D eigenvalue weighted by Crippen LogP contribution is -2.25. The van der Waals surface area contributed by atoms with Gasteiger partial charge in [-0.2, -0.15) is 0 Å². The highest BCUT2D eigenvalue weighted by Crippen LogP contribution is 2.27. The van der Waals surface area contributed by atoms with E-state index in [1.807, 2.05) is 0 Å². The van der Waals surface area contributed by atoms with Crippen LogP contribution >= 0.6 is 0 Å². The first-order valence-electron chi connectivity index (χ1n) is 6.87. The van der Waals surface area contributed by atoms with Crippen LogP contribution in [0.4, 0.5) is 15.8 Å². The van der Waals surface area contributed by atoms with Crippen LogP contribution in [0.25, 0.3) is 0 Å². The Balaban J connectivity index is 2.07. The van der Waals surface area contributed by atoms with Crippen LogP contribution in [0, 0.1) is 11.7 Å². The number of benzene rings is 1. The molecule has 20 heavy (non-hydrogen) atoms. The molecule has 0 aromatic heterocycles. The molecule has 1 aromatic carbocycles. The van der Waals surface area contributed by atoms with E-state index in [2.05, 4.69) is 17.0 Å². The highest BCUT2D eigenvalue weighted by Gasteiger charge is 2.18. The molecule has 2 N–H and O–H groups in total. The first kappa shape index (κ1) is 15.1. The molecule has 1 aromatic rings. The molecule has 1 fully saturated rings. The van der Waals surface area contributed by atoms with Gasteiger partial charge in [-0.05, 0) is 49.8 Å². The molecular formula is C14H21FN2O2S. The molecule has 1 aliphatic rings. The molecule has 0 amide bonds. The number of nitrogens with one attached hydrogen (secondary N) is 2. The number of hydrogen-bond acceptors (Lipinski definition) is 3. The van der Waals surface area contributed by atoms with E-state index in [1.54, 1.807) is 6.07 Å². The Labute approximate surface area is 119 Å². The fourth-order valence-electron chi connectivity index (χ4n) is 2.53. The predicted octanol–water partition coefficient (Wildman–Crippen LogP) is 3.19. The SMILES string of the molecule is CC1CCC(Nc2ccc(F)c(NS(C)(=O)=O)c2)CC1. The number of hydrogen-bond donors (Lipinski definition) is 2. The van der Waals surface area contributed by atoms with Gasteiger partial charge in [0.15, 0.2) is 0 Å². The van der Waals surface area contributed by atoms with Crippen LogP contribution in [-0.4, -0.2) is 20.7 Å². The number of halogens is 1. The van der Waals surface area contributed by atoms with E-state index >= 15 is 0 Å². The van der Waals surface area contributed by atoms with Crippen LogP contribution in [0.1, 0.15) is 32.6 Å². The zero-order valence-corrected chi connectivity index (χ0v) is 12.6. The van der Waals surface area contributed by atoms with E-state index in [0.29, 0.717) is 6.04 Å². The monoisotopic (exact) mass is 300 g/mol. The van der Waals surface area contributed by atoms with E-state index in [9.17, 15) is 12.8 Å². The van der Waals surface area contributed by atoms with Crippen molar-refractivity contribution in [2.45, 2.75) is 38.6 Å². The molecule has 0 spiro atoms. The summed E-state index contributed by atoms with van der Waals surface area (Å²) in [5, 5.41) is 3.35. The van der Waals surface area contributed by atoms with Crippen molar-refractivity contribution in [3.63, 3.8) is 0 Å². The molecule has 4 nitrogen and oxygen atoms in total. The predicted molar refractivity (Wildman–Crippen MR) is 79.9 cm³/mol. The van der Waals surface area contributed by atoms with Crippen LogP contribution in [0.15, 0.2) is 18.2 Å². The number of rotatable bonds is 4. The molecule has 0 heterocycles. The van der Waals surface area contributed by atoms with Crippen molar-refractivity contribution in [2.75, 3.05) is 16.3 Å². The maximum absolute atomic E-state index is 13.6. The summed E-state index contributed by atoms with van der Waals surface area (Å²) < 4.78 is 38.2. The van der Waals surface area contributed by atoms with Gasteiger partial charge >= 0.3 is 0 Å². The second-order valence-electron chi connectivity index (χ2n) is 5.67. The average molecular weight is 300 g/mol. The van der Waals surface area contributed by atoms with Gasteiger partial charge in [0.1, 0.15) is 5.82 Å². The van der Waals surface area contributed by atoms with Crippen LogP contribution < -0.4 is 10.0 Å². The molecule has 0 saturated heterocycles. The summed E-state index contributed by atoms with van der Waals surface area (Å²) in [6.07, 6.45) is 5.57. The Morgan fingerprint density at radius 1 is 1.20 bits per heavy atom. The Morgan fingerprint density at radius 3 is 2.45 bits per heavy atom. The minimum atomic E-state index is -3.47. The molecule has 0 aliphatic heterocycles. The van der Waals surface area contributed by atoms with Crippen molar-refractivity contribution in [3.8, 4) is 0 Å². The maximum atomic E-state index is 13.6. The minimum Gasteiger partial charge on any atom is -0.382 e. The fraction of sp³-hybridized carbons (Fsp3) is 0.571. The standard InChI is InChI=1S/C14H21FN2O2S/c1-10-3-5-11(6-4-10)16-12-7-8-13(15)14(9-12)17-20(2,18)19/h7-11,16-17H,3-6H2,1-2H3. The first-order valence-corrected chi connectivity index (χ1v) is 8.76. The molecule has 0 radical (unpaired) electrons. The fourth-order valence-corrected chi connectivity index (χ4v) is 3.09. The van der Waals surface area contributed by atoms with Crippen LogP contribution in [0.5, 0.6) is 0 Å². The summed E-state index contributed by atoms with van der Waals surface area (Å²) in [5.74, 6) is 0.196. The Hall–Kier alpha value is -1.30. The Bertz CT molecular complexity index is 567. The Kier molecular flexibility index (Phi) is 4.52. The second-order valence-corrected chi connectivity index (χ2v) is 7.42. The van der Waals surface area contributed by atoms with Crippen LogP contribution in [0.3, 0.4) is 0 Å². The average Bonchev–Trinajstić information content (AvgIpc) is 2.34. The first-order chi connectivity index (χ1) is 9.33. The topological polar surface area (TPSA) is 58.2 Å². The summed E-state index contributed by atoms with van der Waals surface area (Å²) >= 11 is 0. The van der Waals surface area contributed by atoms with Crippen molar-refractivity contribution in [3.05, 3.63) is 24.0 Å². The third-order valence-corrected chi connectivity index (χ3v) is 4.24. The maximum Gasteiger partial charge on any atom is 0.229 e. The van der Waals surface area contributed by atoms with Gasteiger partial charge in [0.25, 0.3) is 0 Å². The van der Waals surface area contributed by atoms with Gasteiger partial charge in [-0.3, -0.25) is 4.72 Å². The van der Waals surface area contributed by atoms with Crippen molar-refractivity contribution < 1.29 is 12.8 Å². The summed E-state index contributed by atoms with van der Waals surface area (Å²) in [7, 11) is -3.47. The summed E-state index contributed by atoms with van der Waals surface area (Å²) in [4.78, 5) is 0. The number of sulfonamides is 1. The van der Waals surface area contributed by atoms with E-state index in [0.717, 1.165) is 30.7 Å². The summed E-state index contributed by atoms with van der Waals surface area (Å²) in [5.41, 5.74) is 0.735. The molecule has 112 valence electrons. The third-order valence-electron chi connectivity index (χ3n) is 3.65. The largest absolute Gasteiger partial charge is 0.382 e. The van der Waals surface area contributed by atoms with Gasteiger partial charge in [-0.25, -0.2) is 12.8 Å². The van der Waals surface area contributed by atoms with Gasteiger partial charge in [0.2, 0.25) is 10.0 Å². The highest BCUT2D eigenvalue weighted by atomic mass is 32.2. The zero-order valence-electron chi connectivity index (χ0n) is 11.8. The van der Waals surface area contributed by atoms with Crippen LogP contribution in [0.2, 0.25) is 0 Å². The molecule has 0 unspecified atom stereocenters. The van der Waals surface area contributed by atoms with E-state index in [4.69, 9.17) is 0 Å². The summed E-state index contributed by atoms with van der Waals surface area (Å²) in [6, 6.07) is 4.80. The highest BCUT2D eigenvalue weighted by molar-refractivity contribution is 7.92. The molecule has 0 atom stereocenters. The molecule has 1 saturated carbocycles. The number of anilines is 2.